The molecule has 19 heteroatoms. The lowest BCUT2D eigenvalue weighted by Gasteiger charge is -2.21. The predicted octanol–water partition coefficient (Wildman–Crippen LogP) is 18.5. The Morgan fingerprint density at radius 3 is 0.988 bits per heavy atom. The smallest absolute Gasteiger partial charge is 0.462 e. The van der Waals surface area contributed by atoms with Crippen LogP contribution in [-0.2, 0) is 65.4 Å². The summed E-state index contributed by atoms with van der Waals surface area (Å²) in [6.45, 7) is 7.13. The van der Waals surface area contributed by atoms with Gasteiger partial charge in [-0.15, -0.1) is 0 Å². The van der Waals surface area contributed by atoms with Gasteiger partial charge in [0.25, 0.3) is 0 Å². The highest BCUT2D eigenvalue weighted by atomic mass is 31.2. The lowest BCUT2D eigenvalue weighted by molar-refractivity contribution is -0.161. The lowest BCUT2D eigenvalue weighted by Crippen LogP contribution is -2.30. The molecule has 0 heterocycles. The maximum atomic E-state index is 13.0. The monoisotopic (exact) mass is 1260 g/mol. The molecular weight excluding hydrogens is 1140 g/mol. The Kier molecular flexibility index (Phi) is 58.4. The van der Waals surface area contributed by atoms with Gasteiger partial charge in [-0.1, -0.05) is 264 Å². The van der Waals surface area contributed by atoms with Gasteiger partial charge >= 0.3 is 39.5 Å². The Morgan fingerprint density at radius 2 is 0.651 bits per heavy atom. The number of carbonyl (C=O) groups is 4. The Balaban J connectivity index is 5.25. The lowest BCUT2D eigenvalue weighted by atomic mass is 9.99. The number of phosphoric ester groups is 2. The summed E-state index contributed by atoms with van der Waals surface area (Å²) in [5.74, 6) is -1.36. The second-order valence-corrected chi connectivity index (χ2v) is 26.7. The van der Waals surface area contributed by atoms with Gasteiger partial charge in [0.1, 0.15) is 19.3 Å². The minimum absolute atomic E-state index is 0.0849. The van der Waals surface area contributed by atoms with Crippen molar-refractivity contribution < 1.29 is 80.2 Å². The number of rotatable bonds is 65. The quantitative estimate of drug-likeness (QED) is 0.0169. The van der Waals surface area contributed by atoms with Crippen LogP contribution in [0.3, 0.4) is 0 Å². The van der Waals surface area contributed by atoms with Crippen LogP contribution in [0.1, 0.15) is 317 Å². The molecule has 3 unspecified atom stereocenters. The first-order valence-electron chi connectivity index (χ1n) is 34.5. The third-order valence-electron chi connectivity index (χ3n) is 15.3. The van der Waals surface area contributed by atoms with Crippen LogP contribution in [-0.4, -0.2) is 96.7 Å². The van der Waals surface area contributed by atoms with Crippen molar-refractivity contribution in [3.63, 3.8) is 0 Å². The second-order valence-electron chi connectivity index (χ2n) is 23.8. The van der Waals surface area contributed by atoms with Gasteiger partial charge < -0.3 is 33.8 Å². The van der Waals surface area contributed by atoms with Crippen molar-refractivity contribution in [2.45, 2.75) is 335 Å². The third-order valence-corrected chi connectivity index (χ3v) is 17.2. The van der Waals surface area contributed by atoms with E-state index in [1.54, 1.807) is 0 Å². The topological polar surface area (TPSA) is 237 Å². The number of allylic oxidation sites excluding steroid dienone is 4. The molecule has 0 radical (unpaired) electrons. The molecule has 0 aromatic heterocycles. The van der Waals surface area contributed by atoms with Gasteiger partial charge in [-0.25, -0.2) is 9.13 Å². The predicted molar refractivity (Wildman–Crippen MR) is 344 cm³/mol. The van der Waals surface area contributed by atoms with Crippen molar-refractivity contribution in [3.05, 3.63) is 24.3 Å². The number of esters is 4. The number of phosphoric acid groups is 2. The zero-order valence-corrected chi connectivity index (χ0v) is 56.7. The van der Waals surface area contributed by atoms with E-state index in [0.717, 1.165) is 121 Å². The van der Waals surface area contributed by atoms with Crippen molar-refractivity contribution in [3.8, 4) is 0 Å². The molecule has 0 aliphatic rings. The largest absolute Gasteiger partial charge is 0.472 e. The maximum Gasteiger partial charge on any atom is 0.472 e. The van der Waals surface area contributed by atoms with Gasteiger partial charge in [0, 0.05) is 25.7 Å². The average molecular weight is 1270 g/mol. The Bertz CT molecular complexity index is 1760. The first-order valence-corrected chi connectivity index (χ1v) is 37.5. The number of hydrogen-bond acceptors (Lipinski definition) is 15. The summed E-state index contributed by atoms with van der Waals surface area (Å²) in [5.41, 5.74) is 0. The number of aliphatic hydroxyl groups is 1. The molecule has 0 aliphatic heterocycles. The van der Waals surface area contributed by atoms with Gasteiger partial charge in [-0.2, -0.15) is 0 Å². The molecule has 0 fully saturated rings. The first kappa shape index (κ1) is 83.5. The highest BCUT2D eigenvalue weighted by Gasteiger charge is 2.30. The summed E-state index contributed by atoms with van der Waals surface area (Å²) in [5, 5.41) is 10.5. The van der Waals surface area contributed by atoms with Gasteiger partial charge in [0.05, 0.1) is 26.4 Å². The van der Waals surface area contributed by atoms with Crippen molar-refractivity contribution in [2.75, 3.05) is 39.6 Å². The van der Waals surface area contributed by atoms with Crippen molar-refractivity contribution >= 4 is 39.5 Å². The Hall–Kier alpha value is -2.46. The van der Waals surface area contributed by atoms with Gasteiger partial charge in [0.15, 0.2) is 12.2 Å². The normalized spacial score (nSPS) is 14.7. The zero-order chi connectivity index (χ0) is 63.5. The van der Waals surface area contributed by atoms with E-state index in [4.69, 9.17) is 37.0 Å². The Morgan fingerprint density at radius 1 is 0.372 bits per heavy atom. The summed E-state index contributed by atoms with van der Waals surface area (Å²) in [6, 6.07) is 0. The molecule has 6 atom stereocenters. The number of unbranched alkanes of at least 4 members (excludes halogenated alkanes) is 33. The van der Waals surface area contributed by atoms with E-state index in [-0.39, 0.29) is 25.7 Å². The Labute approximate surface area is 522 Å². The van der Waals surface area contributed by atoms with E-state index in [1.165, 1.54) is 116 Å². The summed E-state index contributed by atoms with van der Waals surface area (Å²) >= 11 is 0. The zero-order valence-electron chi connectivity index (χ0n) is 54.9. The van der Waals surface area contributed by atoms with Gasteiger partial charge in [-0.3, -0.25) is 37.3 Å². The fraction of sp³-hybridized carbons (Fsp3) is 0.881. The highest BCUT2D eigenvalue weighted by molar-refractivity contribution is 7.47. The van der Waals surface area contributed by atoms with E-state index >= 15 is 0 Å². The van der Waals surface area contributed by atoms with Gasteiger partial charge in [-0.05, 0) is 57.3 Å². The van der Waals surface area contributed by atoms with Crippen LogP contribution in [0.5, 0.6) is 0 Å². The molecule has 3 N–H and O–H groups in total. The van der Waals surface area contributed by atoms with Crippen LogP contribution < -0.4 is 0 Å². The van der Waals surface area contributed by atoms with Crippen LogP contribution in [0, 0.1) is 5.92 Å². The fourth-order valence-electron chi connectivity index (χ4n) is 9.54. The van der Waals surface area contributed by atoms with Crippen molar-refractivity contribution in [1.29, 1.82) is 0 Å². The number of ether oxygens (including phenoxy) is 4. The molecule has 0 bridgehead atoms. The number of carbonyl (C=O) groups excluding carboxylic acids is 4. The molecule has 0 amide bonds. The van der Waals surface area contributed by atoms with Crippen LogP contribution in [0.4, 0.5) is 0 Å². The molecule has 0 aromatic rings. The second kappa shape index (κ2) is 60.1. The van der Waals surface area contributed by atoms with Crippen molar-refractivity contribution in [2.24, 2.45) is 5.92 Å². The average Bonchev–Trinajstić information content (AvgIpc) is 3.66. The standard InChI is InChI=1S/C67H126O17P2/c1-6-10-13-16-19-21-23-24-25-26-27-33-38-43-48-53-67(72)84-63(57-78-65(70)51-46-41-36-32-29-28-30-35-39-44-49-60(5)9-4)59-82-86(75,76)80-55-61(68)54-79-85(73,74)81-58-62(56-77-64(69)50-45-40-34-18-15-12-8-3)83-66(71)52-47-42-37-31-22-20-17-14-11-7-2/h21,23-25,60-63,68H,6-20,22,26-59H2,1-5H3,(H,73,74)(H,75,76)/b23-21-,25-24-/t60?,61-,62+,63+/m0/s1. The third kappa shape index (κ3) is 59.2. The molecule has 0 rings (SSSR count). The molecule has 0 saturated heterocycles. The minimum Gasteiger partial charge on any atom is -0.462 e. The van der Waals surface area contributed by atoms with Gasteiger partial charge in [0.2, 0.25) is 0 Å². The highest BCUT2D eigenvalue weighted by Crippen LogP contribution is 2.45. The fourth-order valence-corrected chi connectivity index (χ4v) is 11.1. The summed E-state index contributed by atoms with van der Waals surface area (Å²) in [7, 11) is -9.90. The SMILES string of the molecule is CCCCCC/C=C\C=C/CCCCCCCC(=O)O[C@H](COC(=O)CCCCCCCCCCCCC(C)CC)COP(=O)(O)OC[C@@H](O)COP(=O)(O)OC[C@@H](COC(=O)CCCCCCCCC)OC(=O)CCCCCCCCCCCC. The van der Waals surface area contributed by atoms with Crippen molar-refractivity contribution in [1.82, 2.24) is 0 Å². The van der Waals surface area contributed by atoms with E-state index in [2.05, 4.69) is 58.9 Å². The molecule has 0 aliphatic carbocycles. The summed E-state index contributed by atoms with van der Waals surface area (Å²) in [6.07, 6.45) is 48.0. The number of hydrogen-bond donors (Lipinski definition) is 3. The van der Waals surface area contributed by atoms with Crippen LogP contribution >= 0.6 is 15.6 Å². The van der Waals surface area contributed by atoms with E-state index in [1.807, 2.05) is 0 Å². The molecule has 0 saturated carbocycles. The molecule has 17 nitrogen and oxygen atoms in total. The number of aliphatic hydroxyl groups excluding tert-OH is 1. The van der Waals surface area contributed by atoms with Crippen LogP contribution in [0.25, 0.3) is 0 Å². The van der Waals surface area contributed by atoms with Crippen LogP contribution in [0.15, 0.2) is 24.3 Å². The van der Waals surface area contributed by atoms with E-state index in [0.29, 0.717) is 25.7 Å². The molecular formula is C67H126O17P2. The summed E-state index contributed by atoms with van der Waals surface area (Å²) < 4.78 is 68.0. The molecule has 0 aromatic carbocycles. The maximum absolute atomic E-state index is 13.0. The van der Waals surface area contributed by atoms with E-state index in [9.17, 15) is 43.2 Å². The molecule has 506 valence electrons. The molecule has 86 heavy (non-hydrogen) atoms. The van der Waals surface area contributed by atoms with E-state index < -0.39 is 97.5 Å². The minimum atomic E-state index is -4.96. The molecule has 0 spiro atoms. The van der Waals surface area contributed by atoms with Crippen LogP contribution in [0.2, 0.25) is 0 Å². The summed E-state index contributed by atoms with van der Waals surface area (Å²) in [4.78, 5) is 72.2. The first-order chi connectivity index (χ1) is 41.6.